The maximum absolute atomic E-state index is 12.6. The van der Waals surface area contributed by atoms with Crippen LogP contribution in [0.2, 0.25) is 0 Å². The third-order valence-corrected chi connectivity index (χ3v) is 7.63. The normalized spacial score (nSPS) is 33.3. The molecule has 4 aliphatic rings. The molecule has 0 saturated heterocycles. The standard InChI is InChI=1S/C20H32O7S/c1-3-4-13(2)12-26-18(21)8-17(28(23,24)25)19(22)27-20-9-14-5-15(10-20)7-16(6-14)11-20/h13-17H,3-12H2,1-2H3,(H,23,24,25)/p-1. The van der Waals surface area contributed by atoms with E-state index in [9.17, 15) is 22.6 Å². The molecule has 4 rings (SSSR count). The third-order valence-electron chi connectivity index (χ3n) is 6.57. The second-order valence-corrected chi connectivity index (χ2v) is 10.8. The predicted octanol–water partition coefficient (Wildman–Crippen LogP) is 2.78. The summed E-state index contributed by atoms with van der Waals surface area (Å²) >= 11 is 0. The van der Waals surface area contributed by atoms with Crippen LogP contribution in [0, 0.1) is 23.7 Å². The summed E-state index contributed by atoms with van der Waals surface area (Å²) in [5.74, 6) is -0.287. The molecule has 160 valence electrons. The van der Waals surface area contributed by atoms with Crippen LogP contribution in [-0.2, 0) is 29.2 Å². The Morgan fingerprint density at radius 1 is 1.11 bits per heavy atom. The first-order valence-corrected chi connectivity index (χ1v) is 11.9. The second kappa shape index (κ2) is 8.30. The molecule has 0 N–H and O–H groups in total. The van der Waals surface area contributed by atoms with Gasteiger partial charge in [0, 0.05) is 0 Å². The van der Waals surface area contributed by atoms with Gasteiger partial charge in [-0.15, -0.1) is 0 Å². The molecule has 7 nitrogen and oxygen atoms in total. The van der Waals surface area contributed by atoms with E-state index in [1.54, 1.807) is 0 Å². The Morgan fingerprint density at radius 2 is 1.64 bits per heavy atom. The minimum atomic E-state index is -5.02. The molecule has 0 radical (unpaired) electrons. The lowest BCUT2D eigenvalue weighted by molar-refractivity contribution is -0.187. The van der Waals surface area contributed by atoms with Gasteiger partial charge in [0.15, 0.2) is 5.25 Å². The van der Waals surface area contributed by atoms with Crippen molar-refractivity contribution >= 4 is 22.1 Å². The first kappa shape index (κ1) is 21.6. The van der Waals surface area contributed by atoms with Crippen LogP contribution in [0.3, 0.4) is 0 Å². The van der Waals surface area contributed by atoms with Crippen molar-refractivity contribution in [2.24, 2.45) is 23.7 Å². The van der Waals surface area contributed by atoms with E-state index in [4.69, 9.17) is 9.47 Å². The SMILES string of the molecule is CCCC(C)COC(=O)CC(C(=O)OC12CC3CC(CC(C3)C1)C2)S(=O)(=O)[O-]. The summed E-state index contributed by atoms with van der Waals surface area (Å²) in [4.78, 5) is 24.7. The summed E-state index contributed by atoms with van der Waals surface area (Å²) < 4.78 is 45.8. The molecule has 4 bridgehead atoms. The number of hydrogen-bond donors (Lipinski definition) is 0. The van der Waals surface area contributed by atoms with Crippen molar-refractivity contribution < 1.29 is 32.0 Å². The minimum absolute atomic E-state index is 0.134. The van der Waals surface area contributed by atoms with Crippen LogP contribution < -0.4 is 0 Å². The second-order valence-electron chi connectivity index (χ2n) is 9.28. The number of carbonyl (C=O) groups excluding carboxylic acids is 2. The van der Waals surface area contributed by atoms with E-state index in [1.807, 2.05) is 13.8 Å². The van der Waals surface area contributed by atoms with Crippen molar-refractivity contribution in [3.8, 4) is 0 Å². The molecule has 8 heteroatoms. The summed E-state index contributed by atoms with van der Waals surface area (Å²) in [5.41, 5.74) is -0.658. The van der Waals surface area contributed by atoms with E-state index in [-0.39, 0.29) is 12.5 Å². The van der Waals surface area contributed by atoms with Crippen LogP contribution in [0.4, 0.5) is 0 Å². The van der Waals surface area contributed by atoms with Crippen LogP contribution in [0.25, 0.3) is 0 Å². The number of ether oxygens (including phenoxy) is 2. The highest BCUT2D eigenvalue weighted by Crippen LogP contribution is 2.57. The van der Waals surface area contributed by atoms with Gasteiger partial charge in [-0.1, -0.05) is 20.3 Å². The Kier molecular flexibility index (Phi) is 6.39. The zero-order valence-electron chi connectivity index (χ0n) is 16.7. The number of esters is 2. The van der Waals surface area contributed by atoms with Gasteiger partial charge in [0.05, 0.1) is 13.0 Å². The van der Waals surface area contributed by atoms with E-state index in [0.717, 1.165) is 51.4 Å². The molecule has 0 heterocycles. The van der Waals surface area contributed by atoms with Gasteiger partial charge in [-0.2, -0.15) is 0 Å². The summed E-state index contributed by atoms with van der Waals surface area (Å²) in [6, 6.07) is 0. The third kappa shape index (κ3) is 5.06. The number of rotatable bonds is 9. The molecule has 4 fully saturated rings. The molecular formula is C20H31O7S-. The molecule has 0 aromatic heterocycles. The fraction of sp³-hybridized carbons (Fsp3) is 0.900. The fourth-order valence-electron chi connectivity index (χ4n) is 5.76. The summed E-state index contributed by atoms with van der Waals surface area (Å²) in [7, 11) is -5.02. The quantitative estimate of drug-likeness (QED) is 0.420. The zero-order chi connectivity index (χ0) is 20.5. The van der Waals surface area contributed by atoms with Gasteiger partial charge in [-0.25, -0.2) is 8.42 Å². The van der Waals surface area contributed by atoms with Crippen LogP contribution in [-0.4, -0.2) is 42.4 Å². The van der Waals surface area contributed by atoms with E-state index >= 15 is 0 Å². The van der Waals surface area contributed by atoms with Gasteiger partial charge in [0.2, 0.25) is 0 Å². The predicted molar refractivity (Wildman–Crippen MR) is 100 cm³/mol. The molecule has 4 aliphatic carbocycles. The van der Waals surface area contributed by atoms with Gasteiger partial charge in [0.25, 0.3) is 0 Å². The Morgan fingerprint density at radius 3 is 2.11 bits per heavy atom. The molecule has 4 saturated carbocycles. The number of hydrogen-bond acceptors (Lipinski definition) is 7. The van der Waals surface area contributed by atoms with Gasteiger partial charge >= 0.3 is 11.9 Å². The lowest BCUT2D eigenvalue weighted by atomic mass is 9.54. The summed E-state index contributed by atoms with van der Waals surface area (Å²) in [6.45, 7) is 4.07. The van der Waals surface area contributed by atoms with Crippen molar-refractivity contribution in [2.45, 2.75) is 82.5 Å². The Bertz CT molecular complexity index is 664. The van der Waals surface area contributed by atoms with Crippen LogP contribution in [0.15, 0.2) is 0 Å². The highest BCUT2D eigenvalue weighted by atomic mass is 32.2. The molecular weight excluding hydrogens is 384 g/mol. The molecule has 0 spiro atoms. The van der Waals surface area contributed by atoms with E-state index in [2.05, 4.69) is 0 Å². The topological polar surface area (TPSA) is 110 Å². The van der Waals surface area contributed by atoms with Crippen LogP contribution in [0.1, 0.15) is 71.6 Å². The molecule has 28 heavy (non-hydrogen) atoms. The first-order chi connectivity index (χ1) is 13.1. The largest absolute Gasteiger partial charge is 0.747 e. The van der Waals surface area contributed by atoms with Crippen LogP contribution in [0.5, 0.6) is 0 Å². The maximum Gasteiger partial charge on any atom is 0.324 e. The van der Waals surface area contributed by atoms with Gasteiger partial charge in [0.1, 0.15) is 15.7 Å². The maximum atomic E-state index is 12.6. The molecule has 2 unspecified atom stereocenters. The first-order valence-electron chi connectivity index (χ1n) is 10.4. The van der Waals surface area contributed by atoms with Gasteiger partial charge in [-0.3, -0.25) is 9.59 Å². The average Bonchev–Trinajstić information content (AvgIpc) is 2.55. The summed E-state index contributed by atoms with van der Waals surface area (Å²) in [6.07, 6.45) is 6.64. The molecule has 0 amide bonds. The molecule has 0 aromatic carbocycles. The van der Waals surface area contributed by atoms with Crippen molar-refractivity contribution in [3.05, 3.63) is 0 Å². The molecule has 0 aromatic rings. The van der Waals surface area contributed by atoms with Crippen molar-refractivity contribution in [1.82, 2.24) is 0 Å². The highest BCUT2D eigenvalue weighted by Gasteiger charge is 2.54. The van der Waals surface area contributed by atoms with E-state index < -0.39 is 39.3 Å². The van der Waals surface area contributed by atoms with E-state index in [0.29, 0.717) is 17.8 Å². The lowest BCUT2D eigenvalue weighted by Crippen LogP contribution is -2.54. The average molecular weight is 416 g/mol. The van der Waals surface area contributed by atoms with Gasteiger partial charge < -0.3 is 14.0 Å². The van der Waals surface area contributed by atoms with Crippen molar-refractivity contribution in [1.29, 1.82) is 0 Å². The number of carbonyl (C=O) groups is 2. The van der Waals surface area contributed by atoms with Crippen molar-refractivity contribution in [3.63, 3.8) is 0 Å². The highest BCUT2D eigenvalue weighted by molar-refractivity contribution is 7.87. The molecule has 0 aliphatic heterocycles. The van der Waals surface area contributed by atoms with Gasteiger partial charge in [-0.05, 0) is 68.6 Å². The smallest absolute Gasteiger partial charge is 0.324 e. The molecule has 2 atom stereocenters. The Labute approximate surface area is 167 Å². The monoisotopic (exact) mass is 415 g/mol. The Hall–Kier alpha value is -1.15. The van der Waals surface area contributed by atoms with Crippen molar-refractivity contribution in [2.75, 3.05) is 6.61 Å². The fourth-order valence-corrected chi connectivity index (χ4v) is 6.38. The lowest BCUT2D eigenvalue weighted by Gasteiger charge is -2.55. The Balaban J connectivity index is 1.62. The summed E-state index contributed by atoms with van der Waals surface area (Å²) in [5, 5.41) is -2.03. The van der Waals surface area contributed by atoms with Crippen LogP contribution >= 0.6 is 0 Å². The van der Waals surface area contributed by atoms with E-state index in [1.165, 1.54) is 0 Å². The zero-order valence-corrected chi connectivity index (χ0v) is 17.5. The minimum Gasteiger partial charge on any atom is -0.747 e.